The number of carbonyl (C=O) groups is 1. The van der Waals surface area contributed by atoms with Gasteiger partial charge in [0, 0.05) is 24.8 Å². The Morgan fingerprint density at radius 3 is 2.75 bits per heavy atom. The summed E-state index contributed by atoms with van der Waals surface area (Å²) >= 11 is 0. The molecule has 0 spiro atoms. The molecule has 1 fully saturated rings. The summed E-state index contributed by atoms with van der Waals surface area (Å²) in [4.78, 5) is 19.4. The number of amides is 1. The minimum atomic E-state index is -0.255. The van der Waals surface area contributed by atoms with Gasteiger partial charge in [-0.15, -0.1) is 0 Å². The van der Waals surface area contributed by atoms with Gasteiger partial charge in [0.1, 0.15) is 12.0 Å². The highest BCUT2D eigenvalue weighted by Crippen LogP contribution is 2.31. The molecule has 1 amide bonds. The maximum atomic E-state index is 13.4. The Hall–Kier alpha value is -2.66. The molecule has 122 valence electrons. The number of aromatic amines is 1. The Labute approximate surface area is 139 Å². The van der Waals surface area contributed by atoms with E-state index in [1.54, 1.807) is 11.0 Å². The van der Waals surface area contributed by atoms with Crippen molar-refractivity contribution in [3.8, 4) is 0 Å². The fraction of sp³-hybridized carbons (Fsp3) is 0.211. The Morgan fingerprint density at radius 2 is 1.96 bits per heavy atom. The molecule has 0 bridgehead atoms. The van der Waals surface area contributed by atoms with Gasteiger partial charge in [0.05, 0.1) is 6.54 Å². The Kier molecular flexibility index (Phi) is 3.58. The van der Waals surface area contributed by atoms with Crippen LogP contribution in [0.1, 0.15) is 17.4 Å². The van der Waals surface area contributed by atoms with Crippen molar-refractivity contribution in [1.82, 2.24) is 14.8 Å². The van der Waals surface area contributed by atoms with Crippen LogP contribution >= 0.6 is 0 Å². The van der Waals surface area contributed by atoms with Gasteiger partial charge in [-0.3, -0.25) is 9.69 Å². The highest BCUT2D eigenvalue weighted by molar-refractivity contribution is 5.81. The van der Waals surface area contributed by atoms with E-state index < -0.39 is 0 Å². The van der Waals surface area contributed by atoms with Crippen molar-refractivity contribution >= 4 is 16.8 Å². The average Bonchev–Trinajstić information content (AvgIpc) is 3.08. The summed E-state index contributed by atoms with van der Waals surface area (Å²) < 4.78 is 13.4. The SMILES string of the molecule is CN1C(=O)CN(Cc2cc3ccc(F)cc3[nH]2)C1c1ccccc1. The predicted octanol–water partition coefficient (Wildman–Crippen LogP) is 3.28. The van der Waals surface area contributed by atoms with Crippen molar-refractivity contribution in [2.45, 2.75) is 12.7 Å². The summed E-state index contributed by atoms with van der Waals surface area (Å²) in [6.07, 6.45) is -0.0816. The summed E-state index contributed by atoms with van der Waals surface area (Å²) in [6.45, 7) is 0.978. The first-order chi connectivity index (χ1) is 11.6. The molecule has 1 aliphatic heterocycles. The number of H-pyrrole nitrogens is 1. The lowest BCUT2D eigenvalue weighted by atomic mass is 10.1. The van der Waals surface area contributed by atoms with Crippen molar-refractivity contribution in [1.29, 1.82) is 0 Å². The van der Waals surface area contributed by atoms with Crippen LogP contribution in [0.3, 0.4) is 0 Å². The molecular weight excluding hydrogens is 305 g/mol. The topological polar surface area (TPSA) is 39.3 Å². The molecule has 1 N–H and O–H groups in total. The molecule has 4 nitrogen and oxygen atoms in total. The van der Waals surface area contributed by atoms with E-state index in [2.05, 4.69) is 9.88 Å². The van der Waals surface area contributed by atoms with Crippen molar-refractivity contribution in [3.05, 3.63) is 71.7 Å². The van der Waals surface area contributed by atoms with E-state index in [4.69, 9.17) is 0 Å². The van der Waals surface area contributed by atoms with Gasteiger partial charge in [0.2, 0.25) is 5.91 Å². The van der Waals surface area contributed by atoms with Gasteiger partial charge in [-0.2, -0.15) is 0 Å². The van der Waals surface area contributed by atoms with Gasteiger partial charge in [-0.25, -0.2) is 4.39 Å². The van der Waals surface area contributed by atoms with E-state index in [9.17, 15) is 9.18 Å². The number of aromatic nitrogens is 1. The third-order valence-electron chi connectivity index (χ3n) is 4.56. The first-order valence-electron chi connectivity index (χ1n) is 7.93. The molecule has 4 rings (SSSR count). The van der Waals surface area contributed by atoms with E-state index in [1.165, 1.54) is 12.1 Å². The zero-order valence-corrected chi connectivity index (χ0v) is 13.4. The molecule has 3 aromatic rings. The molecule has 5 heteroatoms. The maximum Gasteiger partial charge on any atom is 0.238 e. The van der Waals surface area contributed by atoms with Crippen LogP contribution < -0.4 is 0 Å². The number of hydrogen-bond acceptors (Lipinski definition) is 2. The molecule has 24 heavy (non-hydrogen) atoms. The second-order valence-corrected chi connectivity index (χ2v) is 6.22. The highest BCUT2D eigenvalue weighted by Gasteiger charge is 2.36. The van der Waals surface area contributed by atoms with E-state index in [0.29, 0.717) is 13.1 Å². The van der Waals surface area contributed by atoms with E-state index >= 15 is 0 Å². The van der Waals surface area contributed by atoms with Crippen LogP contribution in [0.2, 0.25) is 0 Å². The van der Waals surface area contributed by atoms with Crippen molar-refractivity contribution in [2.75, 3.05) is 13.6 Å². The van der Waals surface area contributed by atoms with E-state index in [1.807, 2.05) is 43.4 Å². The summed E-state index contributed by atoms with van der Waals surface area (Å²) in [5.41, 5.74) is 2.84. The van der Waals surface area contributed by atoms with Crippen LogP contribution in [0, 0.1) is 5.82 Å². The lowest BCUT2D eigenvalue weighted by Crippen LogP contribution is -2.29. The van der Waals surface area contributed by atoms with Crippen molar-refractivity contribution in [2.24, 2.45) is 0 Å². The number of benzene rings is 2. The standard InChI is InChI=1S/C19H18FN3O/c1-22-18(24)12-23(19(22)13-5-3-2-4-6-13)11-16-9-14-7-8-15(20)10-17(14)21-16/h2-10,19,21H,11-12H2,1H3. The van der Waals surface area contributed by atoms with Gasteiger partial charge in [-0.1, -0.05) is 30.3 Å². The Balaban J connectivity index is 1.65. The molecular formula is C19H18FN3O. The minimum absolute atomic E-state index is 0.0816. The molecule has 1 aromatic heterocycles. The molecule has 0 radical (unpaired) electrons. The second-order valence-electron chi connectivity index (χ2n) is 6.22. The van der Waals surface area contributed by atoms with Crippen LogP contribution in [-0.2, 0) is 11.3 Å². The molecule has 1 unspecified atom stereocenters. The summed E-state index contributed by atoms with van der Waals surface area (Å²) in [5, 5.41) is 0.974. The first kappa shape index (κ1) is 14.9. The lowest BCUT2D eigenvalue weighted by Gasteiger charge is -2.27. The first-order valence-corrected chi connectivity index (χ1v) is 7.93. The number of likely N-dealkylation sites (N-methyl/N-ethyl adjacent to an activating group) is 1. The quantitative estimate of drug-likeness (QED) is 0.803. The predicted molar refractivity (Wildman–Crippen MR) is 90.6 cm³/mol. The van der Waals surface area contributed by atoms with Gasteiger partial charge in [0.25, 0.3) is 0 Å². The fourth-order valence-corrected chi connectivity index (χ4v) is 3.42. The smallest absolute Gasteiger partial charge is 0.238 e. The zero-order valence-electron chi connectivity index (χ0n) is 13.4. The molecule has 0 aliphatic carbocycles. The van der Waals surface area contributed by atoms with Crippen molar-refractivity contribution < 1.29 is 9.18 Å². The second kappa shape index (κ2) is 5.76. The van der Waals surface area contributed by atoms with Gasteiger partial charge < -0.3 is 9.88 Å². The monoisotopic (exact) mass is 323 g/mol. The average molecular weight is 323 g/mol. The number of nitrogens with zero attached hydrogens (tertiary/aromatic N) is 2. The molecule has 1 saturated heterocycles. The normalized spacial score (nSPS) is 18.7. The summed E-state index contributed by atoms with van der Waals surface area (Å²) in [6, 6.07) is 16.7. The molecule has 0 saturated carbocycles. The Morgan fingerprint density at radius 1 is 1.17 bits per heavy atom. The van der Waals surface area contributed by atoms with E-state index in [0.717, 1.165) is 22.2 Å². The van der Waals surface area contributed by atoms with Gasteiger partial charge in [-0.05, 0) is 35.2 Å². The van der Waals surface area contributed by atoms with Crippen LogP contribution in [-0.4, -0.2) is 34.3 Å². The molecule has 2 heterocycles. The van der Waals surface area contributed by atoms with Crippen LogP contribution in [0.15, 0.2) is 54.6 Å². The summed E-state index contributed by atoms with van der Waals surface area (Å²) in [7, 11) is 1.83. The highest BCUT2D eigenvalue weighted by atomic mass is 19.1. The van der Waals surface area contributed by atoms with Crippen molar-refractivity contribution in [3.63, 3.8) is 0 Å². The number of hydrogen-bond donors (Lipinski definition) is 1. The number of rotatable bonds is 3. The Bertz CT molecular complexity index is 890. The van der Waals surface area contributed by atoms with Crippen LogP contribution in [0.25, 0.3) is 10.9 Å². The molecule has 1 aliphatic rings. The van der Waals surface area contributed by atoms with Gasteiger partial charge in [0.15, 0.2) is 0 Å². The van der Waals surface area contributed by atoms with Gasteiger partial charge >= 0.3 is 0 Å². The van der Waals surface area contributed by atoms with E-state index in [-0.39, 0.29) is 17.9 Å². The van der Waals surface area contributed by atoms with Crippen LogP contribution in [0.5, 0.6) is 0 Å². The maximum absolute atomic E-state index is 13.4. The number of fused-ring (bicyclic) bond motifs is 1. The third-order valence-corrected chi connectivity index (χ3v) is 4.56. The third kappa shape index (κ3) is 2.57. The largest absolute Gasteiger partial charge is 0.357 e. The zero-order chi connectivity index (χ0) is 16.7. The number of halogens is 1. The molecule has 2 aromatic carbocycles. The minimum Gasteiger partial charge on any atom is -0.357 e. The van der Waals surface area contributed by atoms with Crippen LogP contribution in [0.4, 0.5) is 4.39 Å². The number of carbonyl (C=O) groups excluding carboxylic acids is 1. The lowest BCUT2D eigenvalue weighted by molar-refractivity contribution is -0.126. The molecule has 1 atom stereocenters. The fourth-order valence-electron chi connectivity index (χ4n) is 3.42. The number of nitrogens with one attached hydrogen (secondary N) is 1. The summed E-state index contributed by atoms with van der Waals surface area (Å²) in [5.74, 6) is -0.153.